The molecule has 0 bridgehead atoms. The Labute approximate surface area is 172 Å². The Morgan fingerprint density at radius 2 is 1.93 bits per heavy atom. The lowest BCUT2D eigenvalue weighted by atomic mass is 10.2. The topological polar surface area (TPSA) is 56.1 Å². The second kappa shape index (κ2) is 8.75. The van der Waals surface area contributed by atoms with E-state index in [4.69, 9.17) is 4.74 Å². The Morgan fingerprint density at radius 1 is 1.14 bits per heavy atom. The van der Waals surface area contributed by atoms with Crippen molar-refractivity contribution < 1.29 is 9.53 Å². The SMILES string of the molecule is COc1ccc(-n2ccc(C(=O)Nc3cccc(C4SCCCS4)c3)n2)cc1. The van der Waals surface area contributed by atoms with Crippen molar-refractivity contribution in [2.24, 2.45) is 0 Å². The van der Waals surface area contributed by atoms with Gasteiger partial charge in [-0.05, 0) is 66.0 Å². The van der Waals surface area contributed by atoms with E-state index in [0.717, 1.165) is 17.1 Å². The molecule has 1 aliphatic rings. The van der Waals surface area contributed by atoms with Gasteiger partial charge in [-0.2, -0.15) is 5.10 Å². The van der Waals surface area contributed by atoms with Crippen molar-refractivity contribution in [2.75, 3.05) is 23.9 Å². The minimum atomic E-state index is -0.214. The molecule has 4 rings (SSSR count). The van der Waals surface area contributed by atoms with Gasteiger partial charge in [0.1, 0.15) is 5.75 Å². The average molecular weight is 412 g/mol. The Kier molecular flexibility index (Phi) is 5.92. The van der Waals surface area contributed by atoms with Crippen LogP contribution in [0.15, 0.2) is 60.8 Å². The van der Waals surface area contributed by atoms with E-state index in [1.165, 1.54) is 23.5 Å². The summed E-state index contributed by atoms with van der Waals surface area (Å²) in [5.74, 6) is 2.95. The fourth-order valence-electron chi connectivity index (χ4n) is 2.96. The molecule has 1 aromatic heterocycles. The summed E-state index contributed by atoms with van der Waals surface area (Å²) in [7, 11) is 1.63. The Balaban J connectivity index is 1.46. The maximum absolute atomic E-state index is 12.6. The zero-order chi connectivity index (χ0) is 19.3. The molecule has 28 heavy (non-hydrogen) atoms. The van der Waals surface area contributed by atoms with Crippen molar-refractivity contribution in [3.63, 3.8) is 0 Å². The zero-order valence-corrected chi connectivity index (χ0v) is 17.1. The van der Waals surface area contributed by atoms with Gasteiger partial charge in [0.25, 0.3) is 5.91 Å². The molecule has 1 fully saturated rings. The molecule has 7 heteroatoms. The summed E-state index contributed by atoms with van der Waals surface area (Å²) in [6, 6.07) is 17.4. The van der Waals surface area contributed by atoms with Crippen LogP contribution in [0.25, 0.3) is 5.69 Å². The maximum atomic E-state index is 12.6. The van der Waals surface area contributed by atoms with Crippen LogP contribution in [0.3, 0.4) is 0 Å². The lowest BCUT2D eigenvalue weighted by Gasteiger charge is -2.21. The van der Waals surface area contributed by atoms with Gasteiger partial charge in [-0.25, -0.2) is 4.68 Å². The summed E-state index contributed by atoms with van der Waals surface area (Å²) >= 11 is 3.94. The molecule has 0 radical (unpaired) electrons. The lowest BCUT2D eigenvalue weighted by molar-refractivity contribution is 0.102. The number of rotatable bonds is 5. The van der Waals surface area contributed by atoms with Gasteiger partial charge in [-0.3, -0.25) is 4.79 Å². The fourth-order valence-corrected chi connectivity index (χ4v) is 5.84. The van der Waals surface area contributed by atoms with Gasteiger partial charge in [0.15, 0.2) is 5.69 Å². The number of methoxy groups -OCH3 is 1. The highest BCUT2D eigenvalue weighted by atomic mass is 32.2. The fraction of sp³-hybridized carbons (Fsp3) is 0.238. The number of nitrogens with zero attached hydrogens (tertiary/aromatic N) is 2. The highest BCUT2D eigenvalue weighted by Crippen LogP contribution is 2.44. The maximum Gasteiger partial charge on any atom is 0.276 e. The van der Waals surface area contributed by atoms with Crippen molar-refractivity contribution in [2.45, 2.75) is 11.0 Å². The summed E-state index contributed by atoms with van der Waals surface area (Å²) in [6.45, 7) is 0. The van der Waals surface area contributed by atoms with Gasteiger partial charge in [0.05, 0.1) is 17.4 Å². The van der Waals surface area contributed by atoms with Gasteiger partial charge in [-0.15, -0.1) is 23.5 Å². The standard InChI is InChI=1S/C21H21N3O2S2/c1-26-18-8-6-17(7-9-18)24-11-10-19(23-24)20(25)22-16-5-2-4-15(14-16)21-27-12-3-13-28-21/h2,4-11,14,21H,3,12-13H2,1H3,(H,22,25). The molecule has 1 aliphatic heterocycles. The van der Waals surface area contributed by atoms with Gasteiger partial charge in [-0.1, -0.05) is 12.1 Å². The molecule has 1 N–H and O–H groups in total. The normalized spacial score (nSPS) is 14.6. The molecule has 0 spiro atoms. The molecule has 0 atom stereocenters. The van der Waals surface area contributed by atoms with E-state index in [2.05, 4.69) is 22.5 Å². The van der Waals surface area contributed by atoms with Crippen molar-refractivity contribution in [3.8, 4) is 11.4 Å². The van der Waals surface area contributed by atoms with E-state index in [0.29, 0.717) is 10.3 Å². The Hall–Kier alpha value is -2.38. The number of hydrogen-bond acceptors (Lipinski definition) is 5. The van der Waals surface area contributed by atoms with Gasteiger partial charge in [0, 0.05) is 11.9 Å². The molecule has 3 aromatic rings. The van der Waals surface area contributed by atoms with Crippen molar-refractivity contribution >= 4 is 35.1 Å². The van der Waals surface area contributed by atoms with Crippen LogP contribution in [0.4, 0.5) is 5.69 Å². The number of anilines is 1. The van der Waals surface area contributed by atoms with E-state index >= 15 is 0 Å². The molecular formula is C21H21N3O2S2. The van der Waals surface area contributed by atoms with Crippen LogP contribution in [0.5, 0.6) is 5.75 Å². The summed E-state index contributed by atoms with van der Waals surface area (Å²) in [4.78, 5) is 12.6. The molecule has 0 saturated carbocycles. The number of nitrogens with one attached hydrogen (secondary N) is 1. The average Bonchev–Trinajstić information content (AvgIpc) is 3.25. The Bertz CT molecular complexity index is 950. The van der Waals surface area contributed by atoms with Crippen LogP contribution < -0.4 is 10.1 Å². The number of ether oxygens (including phenoxy) is 1. The molecule has 0 aliphatic carbocycles. The summed E-state index contributed by atoms with van der Waals surface area (Å²) in [5, 5.41) is 7.37. The number of hydrogen-bond donors (Lipinski definition) is 1. The predicted molar refractivity (Wildman–Crippen MR) is 117 cm³/mol. The van der Waals surface area contributed by atoms with E-state index in [1.807, 2.05) is 59.9 Å². The van der Waals surface area contributed by atoms with E-state index < -0.39 is 0 Å². The minimum Gasteiger partial charge on any atom is -0.497 e. The van der Waals surface area contributed by atoms with E-state index in [9.17, 15) is 4.79 Å². The Morgan fingerprint density at radius 3 is 2.68 bits per heavy atom. The molecule has 1 saturated heterocycles. The first kappa shape index (κ1) is 19.0. The smallest absolute Gasteiger partial charge is 0.276 e. The molecule has 1 amide bonds. The van der Waals surface area contributed by atoms with Crippen LogP contribution >= 0.6 is 23.5 Å². The number of aromatic nitrogens is 2. The van der Waals surface area contributed by atoms with Crippen LogP contribution in [0.1, 0.15) is 27.1 Å². The number of thioether (sulfide) groups is 2. The minimum absolute atomic E-state index is 0.214. The quantitative estimate of drug-likeness (QED) is 0.640. The molecule has 144 valence electrons. The molecule has 0 unspecified atom stereocenters. The molecular weight excluding hydrogens is 390 g/mol. The predicted octanol–water partition coefficient (Wildman–Crippen LogP) is 5.00. The number of carbonyl (C=O) groups excluding carboxylic acids is 1. The van der Waals surface area contributed by atoms with Crippen molar-refractivity contribution in [1.29, 1.82) is 0 Å². The van der Waals surface area contributed by atoms with Crippen LogP contribution in [-0.2, 0) is 0 Å². The van der Waals surface area contributed by atoms with Crippen LogP contribution in [0.2, 0.25) is 0 Å². The van der Waals surface area contributed by atoms with Crippen molar-refractivity contribution in [3.05, 3.63) is 72.1 Å². The summed E-state index contributed by atoms with van der Waals surface area (Å²) in [5.41, 5.74) is 3.29. The zero-order valence-electron chi connectivity index (χ0n) is 15.5. The number of carbonyl (C=O) groups is 1. The summed E-state index contributed by atoms with van der Waals surface area (Å²) < 4.78 is 7.30. The third-order valence-electron chi connectivity index (χ3n) is 4.40. The highest BCUT2D eigenvalue weighted by Gasteiger charge is 2.17. The van der Waals surface area contributed by atoms with Gasteiger partial charge >= 0.3 is 0 Å². The number of amides is 1. The first-order valence-corrected chi connectivity index (χ1v) is 11.2. The molecule has 2 heterocycles. The van der Waals surface area contributed by atoms with Crippen LogP contribution in [-0.4, -0.2) is 34.3 Å². The van der Waals surface area contributed by atoms with E-state index in [1.54, 1.807) is 24.1 Å². The highest BCUT2D eigenvalue weighted by molar-refractivity contribution is 8.16. The molecule has 5 nitrogen and oxygen atoms in total. The third kappa shape index (κ3) is 4.36. The second-order valence-corrected chi connectivity index (χ2v) is 9.07. The first-order chi connectivity index (χ1) is 13.7. The monoisotopic (exact) mass is 411 g/mol. The summed E-state index contributed by atoms with van der Waals surface area (Å²) in [6.07, 6.45) is 3.04. The van der Waals surface area contributed by atoms with E-state index in [-0.39, 0.29) is 5.91 Å². The second-order valence-electron chi connectivity index (χ2n) is 6.35. The van der Waals surface area contributed by atoms with Crippen molar-refractivity contribution in [1.82, 2.24) is 9.78 Å². The van der Waals surface area contributed by atoms with Gasteiger partial charge < -0.3 is 10.1 Å². The lowest BCUT2D eigenvalue weighted by Crippen LogP contribution is -2.13. The van der Waals surface area contributed by atoms with Gasteiger partial charge in [0.2, 0.25) is 0 Å². The molecule has 2 aromatic carbocycles. The first-order valence-electron chi connectivity index (χ1n) is 9.07. The van der Waals surface area contributed by atoms with Crippen LogP contribution in [0, 0.1) is 0 Å². The largest absolute Gasteiger partial charge is 0.497 e. The number of benzene rings is 2. The third-order valence-corrected chi connectivity index (χ3v) is 7.42.